The topological polar surface area (TPSA) is 97.2 Å². The van der Waals surface area contributed by atoms with Gasteiger partial charge in [0.15, 0.2) is 11.6 Å². The molecule has 1 aliphatic heterocycles. The second-order valence-corrected chi connectivity index (χ2v) is 7.92. The van der Waals surface area contributed by atoms with Crippen molar-refractivity contribution >= 4 is 11.5 Å². The van der Waals surface area contributed by atoms with E-state index in [1.165, 1.54) is 23.8 Å². The van der Waals surface area contributed by atoms with Crippen molar-refractivity contribution in [3.05, 3.63) is 70.4 Å². The van der Waals surface area contributed by atoms with Gasteiger partial charge in [0.1, 0.15) is 0 Å². The fourth-order valence-corrected chi connectivity index (χ4v) is 3.86. The van der Waals surface area contributed by atoms with Crippen LogP contribution in [0.5, 0.6) is 5.75 Å². The molecule has 0 atom stereocenters. The zero-order valence-electron chi connectivity index (χ0n) is 19.1. The molecule has 0 aliphatic carbocycles. The van der Waals surface area contributed by atoms with Crippen LogP contribution in [0.25, 0.3) is 16.7 Å². The summed E-state index contributed by atoms with van der Waals surface area (Å²) in [5.41, 5.74) is 7.45. The standard InChI is InChI=1S/C25H28FN5O2/c1-5-6-7-18(15-27)16(2)23-22(17-8-9-21(33-4)20(26)14-17)24(32)30(3)25(29-23)31-12-10-19(28)11-13-31/h5-9,14,19H,1,10-13,28H2,2-4H3/b7-6-,18-16-. The molecular weight excluding hydrogens is 421 g/mol. The Morgan fingerprint density at radius 2 is 2.09 bits per heavy atom. The number of ether oxygens (including phenoxy) is 1. The minimum Gasteiger partial charge on any atom is -0.494 e. The lowest BCUT2D eigenvalue weighted by atomic mass is 9.97. The Bertz CT molecular complexity index is 1210. The molecular formula is C25H28FN5O2. The third-order valence-electron chi connectivity index (χ3n) is 5.81. The number of rotatable bonds is 6. The molecule has 7 nitrogen and oxygen atoms in total. The summed E-state index contributed by atoms with van der Waals surface area (Å²) in [4.78, 5) is 20.4. The maximum atomic E-state index is 14.5. The second-order valence-electron chi connectivity index (χ2n) is 7.92. The largest absolute Gasteiger partial charge is 0.494 e. The second kappa shape index (κ2) is 10.3. The number of piperidine rings is 1. The number of halogens is 1. The van der Waals surface area contributed by atoms with Crippen LogP contribution in [0.4, 0.5) is 10.3 Å². The molecule has 0 spiro atoms. The predicted molar refractivity (Wildman–Crippen MR) is 128 cm³/mol. The number of anilines is 1. The van der Waals surface area contributed by atoms with Crippen LogP contribution in [-0.2, 0) is 7.05 Å². The molecule has 0 radical (unpaired) electrons. The van der Waals surface area contributed by atoms with Gasteiger partial charge in [-0.05, 0) is 49.1 Å². The highest BCUT2D eigenvalue weighted by atomic mass is 19.1. The first-order chi connectivity index (χ1) is 15.8. The Balaban J connectivity index is 2.31. The first kappa shape index (κ1) is 24.0. The SMILES string of the molecule is C=C/C=C\C(C#N)=C(/C)c1nc(N2CCC(N)CC2)n(C)c(=O)c1-c1ccc(OC)c(F)c1. The number of benzene rings is 1. The van der Waals surface area contributed by atoms with E-state index in [9.17, 15) is 14.4 Å². The number of hydrogen-bond donors (Lipinski definition) is 1. The summed E-state index contributed by atoms with van der Waals surface area (Å²) in [6.07, 6.45) is 6.39. The van der Waals surface area contributed by atoms with E-state index >= 15 is 0 Å². The maximum Gasteiger partial charge on any atom is 0.263 e. The summed E-state index contributed by atoms with van der Waals surface area (Å²) >= 11 is 0. The zero-order chi connectivity index (χ0) is 24.1. The van der Waals surface area contributed by atoms with Crippen molar-refractivity contribution in [2.45, 2.75) is 25.8 Å². The predicted octanol–water partition coefficient (Wildman–Crippen LogP) is 3.56. The number of allylic oxidation sites excluding steroid dienone is 5. The van der Waals surface area contributed by atoms with Crippen LogP contribution in [0.3, 0.4) is 0 Å². The van der Waals surface area contributed by atoms with Gasteiger partial charge in [-0.25, -0.2) is 9.37 Å². The van der Waals surface area contributed by atoms with Crippen molar-refractivity contribution in [2.24, 2.45) is 12.8 Å². The van der Waals surface area contributed by atoms with Crippen molar-refractivity contribution in [1.82, 2.24) is 9.55 Å². The molecule has 8 heteroatoms. The Kier molecular flexibility index (Phi) is 7.46. The molecule has 2 aromatic rings. The summed E-state index contributed by atoms with van der Waals surface area (Å²) in [5, 5.41) is 9.72. The molecule has 33 heavy (non-hydrogen) atoms. The minimum absolute atomic E-state index is 0.0743. The van der Waals surface area contributed by atoms with E-state index < -0.39 is 5.82 Å². The van der Waals surface area contributed by atoms with Crippen LogP contribution in [0.1, 0.15) is 25.5 Å². The van der Waals surface area contributed by atoms with Crippen LogP contribution in [0.2, 0.25) is 0 Å². The Labute approximate surface area is 192 Å². The van der Waals surface area contributed by atoms with E-state index in [-0.39, 0.29) is 22.9 Å². The van der Waals surface area contributed by atoms with Crippen LogP contribution >= 0.6 is 0 Å². The average Bonchev–Trinajstić information content (AvgIpc) is 2.81. The molecule has 1 aliphatic rings. The third-order valence-corrected chi connectivity index (χ3v) is 5.81. The van der Waals surface area contributed by atoms with Crippen molar-refractivity contribution in [1.29, 1.82) is 5.26 Å². The summed E-state index contributed by atoms with van der Waals surface area (Å²) in [7, 11) is 3.02. The van der Waals surface area contributed by atoms with E-state index in [2.05, 4.69) is 12.6 Å². The zero-order valence-corrected chi connectivity index (χ0v) is 19.1. The van der Waals surface area contributed by atoms with Crippen LogP contribution in [-0.4, -0.2) is 35.8 Å². The van der Waals surface area contributed by atoms with E-state index in [1.807, 2.05) is 4.90 Å². The first-order valence-corrected chi connectivity index (χ1v) is 10.7. The van der Waals surface area contributed by atoms with Gasteiger partial charge in [0.05, 0.1) is 30.0 Å². The molecule has 0 amide bonds. The van der Waals surface area contributed by atoms with Gasteiger partial charge >= 0.3 is 0 Å². The molecule has 172 valence electrons. The van der Waals surface area contributed by atoms with Crippen molar-refractivity contribution in [3.8, 4) is 22.9 Å². The molecule has 2 N–H and O–H groups in total. The van der Waals surface area contributed by atoms with Gasteiger partial charge in [-0.15, -0.1) is 0 Å². The number of aromatic nitrogens is 2. The smallest absolute Gasteiger partial charge is 0.263 e. The van der Waals surface area contributed by atoms with Crippen molar-refractivity contribution in [3.63, 3.8) is 0 Å². The van der Waals surface area contributed by atoms with Crippen molar-refractivity contribution < 1.29 is 9.13 Å². The number of nitrogens with zero attached hydrogens (tertiary/aromatic N) is 4. The molecule has 0 unspecified atom stereocenters. The Morgan fingerprint density at radius 1 is 1.39 bits per heavy atom. The summed E-state index contributed by atoms with van der Waals surface area (Å²) in [6, 6.07) is 6.61. The fourth-order valence-electron chi connectivity index (χ4n) is 3.86. The molecule has 1 fully saturated rings. The molecule has 1 aromatic carbocycles. The minimum atomic E-state index is -0.592. The average molecular weight is 450 g/mol. The van der Waals surface area contributed by atoms with E-state index in [0.717, 1.165) is 12.8 Å². The molecule has 1 saturated heterocycles. The third kappa shape index (κ3) is 4.89. The number of methoxy groups -OCH3 is 1. The number of nitriles is 1. The van der Waals surface area contributed by atoms with Gasteiger partial charge in [0, 0.05) is 26.2 Å². The maximum absolute atomic E-state index is 14.5. The lowest BCUT2D eigenvalue weighted by Crippen LogP contribution is -2.42. The molecule has 2 heterocycles. The Hall–Kier alpha value is -3.70. The molecule has 0 bridgehead atoms. The summed E-state index contributed by atoms with van der Waals surface area (Å²) in [6.45, 7) is 6.70. The monoisotopic (exact) mass is 449 g/mol. The normalized spacial score (nSPS) is 15.3. The van der Waals surface area contributed by atoms with E-state index in [4.69, 9.17) is 15.5 Å². The van der Waals surface area contributed by atoms with Crippen molar-refractivity contribution in [2.75, 3.05) is 25.1 Å². The van der Waals surface area contributed by atoms with Gasteiger partial charge in [0.25, 0.3) is 5.56 Å². The molecule has 3 rings (SSSR count). The molecule has 1 aromatic heterocycles. The van der Waals surface area contributed by atoms with Crippen LogP contribution < -0.4 is 20.9 Å². The fraction of sp³-hybridized carbons (Fsp3) is 0.320. The highest BCUT2D eigenvalue weighted by molar-refractivity contribution is 5.82. The van der Waals surface area contributed by atoms with Gasteiger partial charge in [-0.2, -0.15) is 5.26 Å². The van der Waals surface area contributed by atoms with Crippen LogP contribution in [0.15, 0.2) is 53.4 Å². The first-order valence-electron chi connectivity index (χ1n) is 10.7. The van der Waals surface area contributed by atoms with E-state index in [0.29, 0.717) is 41.4 Å². The number of hydrogen-bond acceptors (Lipinski definition) is 6. The quantitative estimate of drug-likeness (QED) is 0.535. The highest BCUT2D eigenvalue weighted by Crippen LogP contribution is 2.31. The number of nitrogens with two attached hydrogens (primary N) is 1. The van der Waals surface area contributed by atoms with Crippen LogP contribution in [0, 0.1) is 17.1 Å². The van der Waals surface area contributed by atoms with Gasteiger partial charge < -0.3 is 15.4 Å². The van der Waals surface area contributed by atoms with Gasteiger partial charge in [-0.1, -0.05) is 24.8 Å². The highest BCUT2D eigenvalue weighted by Gasteiger charge is 2.25. The lowest BCUT2D eigenvalue weighted by Gasteiger charge is -2.32. The molecule has 0 saturated carbocycles. The van der Waals surface area contributed by atoms with Gasteiger partial charge in [0.2, 0.25) is 5.95 Å². The summed E-state index contributed by atoms with van der Waals surface area (Å²) in [5.74, 6) is -0.0278. The van der Waals surface area contributed by atoms with E-state index in [1.54, 1.807) is 38.3 Å². The Morgan fingerprint density at radius 3 is 2.67 bits per heavy atom. The van der Waals surface area contributed by atoms with Gasteiger partial charge in [-0.3, -0.25) is 9.36 Å². The summed E-state index contributed by atoms with van der Waals surface area (Å²) < 4.78 is 21.0. The lowest BCUT2D eigenvalue weighted by molar-refractivity contribution is 0.386.